The molecule has 0 saturated heterocycles. The normalized spacial score (nSPS) is 10.8. The SMILES string of the molecule is O=C(CSc1nnnn1Cc1ccco1)NCc1ccc(Cl)s1. The first-order valence-electron chi connectivity index (χ1n) is 6.63. The Hall–Kier alpha value is -1.84. The minimum absolute atomic E-state index is 0.0907. The van der Waals surface area contributed by atoms with Crippen LogP contribution < -0.4 is 5.32 Å². The number of carbonyl (C=O) groups excluding carboxylic acids is 1. The van der Waals surface area contributed by atoms with E-state index in [-0.39, 0.29) is 11.7 Å². The summed E-state index contributed by atoms with van der Waals surface area (Å²) in [6.07, 6.45) is 1.59. The van der Waals surface area contributed by atoms with Gasteiger partial charge in [-0.25, -0.2) is 4.68 Å². The lowest BCUT2D eigenvalue weighted by Crippen LogP contribution is -2.24. The second kappa shape index (κ2) is 7.62. The maximum absolute atomic E-state index is 11.9. The van der Waals surface area contributed by atoms with E-state index in [4.69, 9.17) is 16.0 Å². The van der Waals surface area contributed by atoms with Crippen molar-refractivity contribution in [1.29, 1.82) is 0 Å². The van der Waals surface area contributed by atoms with E-state index >= 15 is 0 Å². The third-order valence-electron chi connectivity index (χ3n) is 2.81. The Bertz CT molecular complexity index is 771. The molecule has 1 N–H and O–H groups in total. The number of hydrogen-bond acceptors (Lipinski definition) is 7. The van der Waals surface area contributed by atoms with Crippen LogP contribution in [0.5, 0.6) is 0 Å². The van der Waals surface area contributed by atoms with Gasteiger partial charge in [0.1, 0.15) is 12.3 Å². The highest BCUT2D eigenvalue weighted by molar-refractivity contribution is 7.99. The molecule has 0 radical (unpaired) electrons. The van der Waals surface area contributed by atoms with E-state index in [0.29, 0.717) is 22.6 Å². The molecule has 0 fully saturated rings. The van der Waals surface area contributed by atoms with Crippen molar-refractivity contribution in [1.82, 2.24) is 25.5 Å². The van der Waals surface area contributed by atoms with Crippen LogP contribution in [-0.4, -0.2) is 31.9 Å². The molecule has 0 bridgehead atoms. The number of nitrogens with zero attached hydrogens (tertiary/aromatic N) is 4. The second-order valence-electron chi connectivity index (χ2n) is 4.47. The predicted molar refractivity (Wildman–Crippen MR) is 87.5 cm³/mol. The molecule has 1 amide bonds. The Labute approximate surface area is 145 Å². The van der Waals surface area contributed by atoms with E-state index in [1.807, 2.05) is 18.2 Å². The summed E-state index contributed by atoms with van der Waals surface area (Å²) in [7, 11) is 0. The minimum atomic E-state index is -0.0907. The third-order valence-corrected chi connectivity index (χ3v) is 4.99. The van der Waals surface area contributed by atoms with E-state index in [1.54, 1.807) is 17.0 Å². The Morgan fingerprint density at radius 1 is 1.43 bits per heavy atom. The number of tetrazole rings is 1. The molecule has 0 aliphatic rings. The van der Waals surface area contributed by atoms with E-state index in [9.17, 15) is 4.79 Å². The molecule has 7 nitrogen and oxygen atoms in total. The summed E-state index contributed by atoms with van der Waals surface area (Å²) in [4.78, 5) is 12.9. The van der Waals surface area contributed by atoms with E-state index in [1.165, 1.54) is 23.1 Å². The van der Waals surface area contributed by atoms with E-state index < -0.39 is 0 Å². The van der Waals surface area contributed by atoms with Crippen molar-refractivity contribution in [2.75, 3.05) is 5.75 Å². The van der Waals surface area contributed by atoms with Gasteiger partial charge in [0.2, 0.25) is 11.1 Å². The predicted octanol–water partition coefficient (Wildman–Crippen LogP) is 2.44. The smallest absolute Gasteiger partial charge is 0.230 e. The Kier molecular flexibility index (Phi) is 5.31. The number of rotatable bonds is 7. The lowest BCUT2D eigenvalue weighted by atomic mass is 10.4. The molecular weight excluding hydrogens is 358 g/mol. The van der Waals surface area contributed by atoms with E-state index in [0.717, 1.165) is 10.6 Å². The Balaban J connectivity index is 1.48. The lowest BCUT2D eigenvalue weighted by Gasteiger charge is -2.04. The number of furan rings is 1. The third kappa shape index (κ3) is 4.57. The fraction of sp³-hybridized carbons (Fsp3) is 0.231. The minimum Gasteiger partial charge on any atom is -0.467 e. The molecule has 0 aromatic carbocycles. The molecule has 3 aromatic rings. The number of carbonyl (C=O) groups is 1. The molecule has 120 valence electrons. The van der Waals surface area contributed by atoms with Crippen molar-refractivity contribution in [3.8, 4) is 0 Å². The quantitative estimate of drug-likeness (QED) is 0.644. The maximum atomic E-state index is 11.9. The van der Waals surface area contributed by atoms with Gasteiger partial charge in [0, 0.05) is 4.88 Å². The lowest BCUT2D eigenvalue weighted by molar-refractivity contribution is -0.118. The molecule has 0 spiro atoms. The highest BCUT2D eigenvalue weighted by Gasteiger charge is 2.11. The Morgan fingerprint density at radius 3 is 3.09 bits per heavy atom. The Morgan fingerprint density at radius 2 is 2.35 bits per heavy atom. The first kappa shape index (κ1) is 16.0. The summed E-state index contributed by atoms with van der Waals surface area (Å²) >= 11 is 8.57. The van der Waals surface area contributed by atoms with Crippen molar-refractivity contribution in [2.24, 2.45) is 0 Å². The highest BCUT2D eigenvalue weighted by atomic mass is 35.5. The van der Waals surface area contributed by atoms with Gasteiger partial charge in [-0.2, -0.15) is 0 Å². The zero-order valence-corrected chi connectivity index (χ0v) is 14.2. The first-order chi connectivity index (χ1) is 11.2. The van der Waals surface area contributed by atoms with Crippen molar-refractivity contribution in [2.45, 2.75) is 18.2 Å². The summed E-state index contributed by atoms with van der Waals surface area (Å²) in [6.45, 7) is 0.895. The van der Waals surface area contributed by atoms with Gasteiger partial charge in [-0.3, -0.25) is 4.79 Å². The molecule has 0 unspecified atom stereocenters. The van der Waals surface area contributed by atoms with Gasteiger partial charge in [0.25, 0.3) is 0 Å². The molecule has 3 aromatic heterocycles. The standard InChI is InChI=1S/C13H12ClN5O2S2/c14-11-4-3-10(23-11)6-15-12(20)8-22-13-16-17-18-19(13)7-9-2-1-5-21-9/h1-5H,6-8H2,(H,15,20). The van der Waals surface area contributed by atoms with Crippen LogP contribution in [-0.2, 0) is 17.9 Å². The summed E-state index contributed by atoms with van der Waals surface area (Å²) in [5.41, 5.74) is 0. The fourth-order valence-electron chi connectivity index (χ4n) is 1.76. The summed E-state index contributed by atoms with van der Waals surface area (Å²) in [5.74, 6) is 0.891. The van der Waals surface area contributed by atoms with Crippen molar-refractivity contribution in [3.05, 3.63) is 45.5 Å². The van der Waals surface area contributed by atoms with Crippen LogP contribution in [0.15, 0.2) is 40.1 Å². The molecular formula is C13H12ClN5O2S2. The maximum Gasteiger partial charge on any atom is 0.230 e. The molecule has 0 aliphatic carbocycles. The summed E-state index contributed by atoms with van der Waals surface area (Å²) < 4.78 is 7.56. The number of hydrogen-bond donors (Lipinski definition) is 1. The van der Waals surface area contributed by atoms with Crippen molar-refractivity contribution in [3.63, 3.8) is 0 Å². The molecule has 23 heavy (non-hydrogen) atoms. The van der Waals surface area contributed by atoms with E-state index in [2.05, 4.69) is 20.8 Å². The van der Waals surface area contributed by atoms with Crippen molar-refractivity contribution < 1.29 is 9.21 Å². The second-order valence-corrected chi connectivity index (χ2v) is 7.21. The first-order valence-corrected chi connectivity index (χ1v) is 8.81. The molecule has 3 heterocycles. The number of thioether (sulfide) groups is 1. The van der Waals surface area contributed by atoms with Crippen molar-refractivity contribution >= 4 is 40.6 Å². The van der Waals surface area contributed by atoms with Gasteiger partial charge in [-0.15, -0.1) is 16.4 Å². The van der Waals surface area contributed by atoms with Crippen LogP contribution in [0.3, 0.4) is 0 Å². The zero-order chi connectivity index (χ0) is 16.1. The molecule has 0 aliphatic heterocycles. The van der Waals surface area contributed by atoms with Gasteiger partial charge in [0.15, 0.2) is 0 Å². The number of thiophene rings is 1. The van der Waals surface area contributed by atoms with Gasteiger partial charge < -0.3 is 9.73 Å². The monoisotopic (exact) mass is 369 g/mol. The number of aromatic nitrogens is 4. The largest absolute Gasteiger partial charge is 0.467 e. The number of nitrogens with one attached hydrogen (secondary N) is 1. The summed E-state index contributed by atoms with van der Waals surface area (Å²) in [6, 6.07) is 7.35. The van der Waals surface area contributed by atoms with Gasteiger partial charge >= 0.3 is 0 Å². The molecule has 3 rings (SSSR count). The average Bonchev–Trinajstić information content (AvgIpc) is 3.26. The van der Waals surface area contributed by atoms with Gasteiger partial charge in [-0.05, 0) is 34.7 Å². The van der Waals surface area contributed by atoms with Gasteiger partial charge in [0.05, 0.1) is 22.9 Å². The molecule has 10 heteroatoms. The van der Waals surface area contributed by atoms with Crippen LogP contribution in [0.2, 0.25) is 4.34 Å². The van der Waals surface area contributed by atoms with Crippen LogP contribution in [0.1, 0.15) is 10.6 Å². The summed E-state index contributed by atoms with van der Waals surface area (Å²) in [5, 5.41) is 14.8. The van der Waals surface area contributed by atoms with Crippen LogP contribution >= 0.6 is 34.7 Å². The molecule has 0 saturated carbocycles. The van der Waals surface area contributed by atoms with Crippen LogP contribution in [0.25, 0.3) is 0 Å². The van der Waals surface area contributed by atoms with Crippen LogP contribution in [0, 0.1) is 0 Å². The zero-order valence-electron chi connectivity index (χ0n) is 11.8. The highest BCUT2D eigenvalue weighted by Crippen LogP contribution is 2.21. The fourth-order valence-corrected chi connectivity index (χ4v) is 3.50. The molecule has 0 atom stereocenters. The van der Waals surface area contributed by atoms with Gasteiger partial charge in [-0.1, -0.05) is 23.4 Å². The number of halogens is 1. The van der Waals surface area contributed by atoms with Crippen LogP contribution in [0.4, 0.5) is 0 Å². The number of amides is 1. The topological polar surface area (TPSA) is 85.8 Å². The average molecular weight is 370 g/mol.